The second-order valence-corrected chi connectivity index (χ2v) is 6.49. The van der Waals surface area contributed by atoms with E-state index in [4.69, 9.17) is 21.7 Å². The highest BCUT2D eigenvalue weighted by Crippen LogP contribution is 2.17. The maximum Gasteiger partial charge on any atom is 0.185 e. The zero-order valence-electron chi connectivity index (χ0n) is 15.3. The average Bonchev–Trinajstić information content (AvgIpc) is 3.02. The van der Waals surface area contributed by atoms with Gasteiger partial charge in [-0.2, -0.15) is 0 Å². The topological polar surface area (TPSA) is 31.6 Å². The van der Waals surface area contributed by atoms with Crippen LogP contribution in [-0.4, -0.2) is 35.3 Å². The molecular weight excluding hydrogens is 346 g/mol. The molecule has 0 saturated heterocycles. The van der Waals surface area contributed by atoms with Crippen molar-refractivity contribution in [3.8, 4) is 17.2 Å². The summed E-state index contributed by atoms with van der Waals surface area (Å²) in [6, 6.07) is 16.0. The van der Waals surface area contributed by atoms with Crippen LogP contribution in [0.1, 0.15) is 5.56 Å². The summed E-state index contributed by atoms with van der Waals surface area (Å²) in [5.41, 5.74) is 2.25. The normalized spacial score (nSPS) is 10.9. The molecule has 3 aromatic rings. The number of aromatic nitrogens is 2. The van der Waals surface area contributed by atoms with Gasteiger partial charge in [-0.3, -0.25) is 9.47 Å². The van der Waals surface area contributed by atoms with Gasteiger partial charge >= 0.3 is 0 Å². The maximum atomic E-state index is 5.64. The first-order chi connectivity index (χ1) is 12.6. The number of rotatable bonds is 7. The van der Waals surface area contributed by atoms with Crippen molar-refractivity contribution in [2.24, 2.45) is 0 Å². The molecule has 26 heavy (non-hydrogen) atoms. The number of imidazole rings is 1. The van der Waals surface area contributed by atoms with Gasteiger partial charge in [0.1, 0.15) is 11.5 Å². The smallest absolute Gasteiger partial charge is 0.185 e. The lowest BCUT2D eigenvalue weighted by Crippen LogP contribution is -2.21. The molecule has 3 rings (SSSR count). The third-order valence-electron chi connectivity index (χ3n) is 4.20. The molecule has 0 bridgehead atoms. The number of hydrogen-bond donors (Lipinski definition) is 0. The Bertz CT molecular complexity index is 898. The second-order valence-electron chi connectivity index (χ2n) is 6.12. The van der Waals surface area contributed by atoms with Crippen molar-refractivity contribution in [2.75, 3.05) is 21.3 Å². The Morgan fingerprint density at radius 1 is 0.885 bits per heavy atom. The fourth-order valence-corrected chi connectivity index (χ4v) is 3.10. The van der Waals surface area contributed by atoms with Crippen molar-refractivity contribution in [3.63, 3.8) is 0 Å². The minimum Gasteiger partial charge on any atom is -0.497 e. The van der Waals surface area contributed by atoms with Crippen molar-refractivity contribution in [1.29, 1.82) is 0 Å². The largest absolute Gasteiger partial charge is 0.497 e. The minimum atomic E-state index is 0.716. The summed E-state index contributed by atoms with van der Waals surface area (Å²) in [5, 5.41) is 0. The molecule has 0 fully saturated rings. The third kappa shape index (κ3) is 4.15. The highest BCUT2D eigenvalue weighted by molar-refractivity contribution is 7.71. The first kappa shape index (κ1) is 18.2. The van der Waals surface area contributed by atoms with E-state index in [2.05, 4.69) is 28.6 Å². The van der Waals surface area contributed by atoms with Crippen LogP contribution >= 0.6 is 12.2 Å². The zero-order valence-corrected chi connectivity index (χ0v) is 16.1. The minimum absolute atomic E-state index is 0.716. The molecule has 0 aliphatic heterocycles. The van der Waals surface area contributed by atoms with Crippen LogP contribution < -0.4 is 9.47 Å². The van der Waals surface area contributed by atoms with Crippen molar-refractivity contribution in [2.45, 2.75) is 13.2 Å². The summed E-state index contributed by atoms with van der Waals surface area (Å²) < 4.78 is 15.2. The molecule has 0 unspecified atom stereocenters. The number of benzene rings is 2. The molecule has 0 aliphatic carbocycles. The molecule has 1 heterocycles. The van der Waals surface area contributed by atoms with Gasteiger partial charge in [0.15, 0.2) is 4.77 Å². The Hall–Kier alpha value is -2.57. The monoisotopic (exact) mass is 369 g/mol. The third-order valence-corrected chi connectivity index (χ3v) is 4.63. The van der Waals surface area contributed by atoms with Gasteiger partial charge in [-0.25, -0.2) is 0 Å². The van der Waals surface area contributed by atoms with E-state index in [-0.39, 0.29) is 0 Å². The number of methoxy groups -OCH3 is 2. The molecule has 136 valence electrons. The van der Waals surface area contributed by atoms with Crippen LogP contribution in [0.15, 0.2) is 60.9 Å². The Labute approximate surface area is 159 Å². The molecular formula is C20H23N3O2S. The Morgan fingerprint density at radius 2 is 1.46 bits per heavy atom. The van der Waals surface area contributed by atoms with Crippen LogP contribution in [-0.2, 0) is 13.2 Å². The summed E-state index contributed by atoms with van der Waals surface area (Å²) in [7, 11) is 5.42. The van der Waals surface area contributed by atoms with Gasteiger partial charge in [0, 0.05) is 24.6 Å². The SMILES string of the molecule is COc1ccc(CN(C)Cn2ccn(-c3ccc(OC)cc3)c2=S)cc1. The predicted molar refractivity (Wildman–Crippen MR) is 106 cm³/mol. The van der Waals surface area contributed by atoms with Gasteiger partial charge < -0.3 is 14.0 Å². The van der Waals surface area contributed by atoms with E-state index in [0.29, 0.717) is 6.67 Å². The van der Waals surface area contributed by atoms with Crippen LogP contribution in [0, 0.1) is 4.77 Å². The molecule has 0 saturated carbocycles. The van der Waals surface area contributed by atoms with Crippen LogP contribution in [0.2, 0.25) is 0 Å². The van der Waals surface area contributed by atoms with E-state index >= 15 is 0 Å². The molecule has 2 aromatic carbocycles. The lowest BCUT2D eigenvalue weighted by molar-refractivity contribution is 0.258. The summed E-state index contributed by atoms with van der Waals surface area (Å²) in [5.74, 6) is 1.70. The van der Waals surface area contributed by atoms with E-state index < -0.39 is 0 Å². The molecule has 0 amide bonds. The molecule has 1 aromatic heterocycles. The summed E-state index contributed by atoms with van der Waals surface area (Å²) >= 11 is 5.64. The summed E-state index contributed by atoms with van der Waals surface area (Å²) in [6.07, 6.45) is 4.00. The van der Waals surface area contributed by atoms with E-state index in [1.165, 1.54) is 5.56 Å². The number of nitrogens with zero attached hydrogens (tertiary/aromatic N) is 3. The van der Waals surface area contributed by atoms with Gasteiger partial charge in [-0.05, 0) is 61.2 Å². The standard InChI is InChI=1S/C20H23N3O2S/c1-21(14-16-4-8-18(24-2)9-5-16)15-22-12-13-23(20(22)26)17-6-10-19(25-3)11-7-17/h4-13H,14-15H2,1-3H3. The summed E-state index contributed by atoms with van der Waals surface area (Å²) in [6.45, 7) is 1.55. The van der Waals surface area contributed by atoms with Crippen LogP contribution in [0.5, 0.6) is 11.5 Å². The van der Waals surface area contributed by atoms with Gasteiger partial charge in [0.05, 0.1) is 20.9 Å². The Morgan fingerprint density at radius 3 is 2.04 bits per heavy atom. The van der Waals surface area contributed by atoms with E-state index in [0.717, 1.165) is 28.5 Å². The average molecular weight is 369 g/mol. The lowest BCUT2D eigenvalue weighted by atomic mass is 10.2. The van der Waals surface area contributed by atoms with Crippen LogP contribution in [0.3, 0.4) is 0 Å². The summed E-state index contributed by atoms with van der Waals surface area (Å²) in [4.78, 5) is 2.22. The van der Waals surface area contributed by atoms with Crippen molar-refractivity contribution in [1.82, 2.24) is 14.0 Å². The molecule has 5 nitrogen and oxygen atoms in total. The molecule has 0 spiro atoms. The van der Waals surface area contributed by atoms with Crippen molar-refractivity contribution >= 4 is 12.2 Å². The zero-order chi connectivity index (χ0) is 18.5. The molecule has 6 heteroatoms. The Kier molecular flexibility index (Phi) is 5.75. The number of ether oxygens (including phenoxy) is 2. The van der Waals surface area contributed by atoms with E-state index in [1.807, 2.05) is 53.4 Å². The van der Waals surface area contributed by atoms with Crippen molar-refractivity contribution < 1.29 is 9.47 Å². The van der Waals surface area contributed by atoms with Gasteiger partial charge in [0.25, 0.3) is 0 Å². The molecule has 0 N–H and O–H groups in total. The van der Waals surface area contributed by atoms with Gasteiger partial charge in [0.2, 0.25) is 0 Å². The Balaban J connectivity index is 1.69. The van der Waals surface area contributed by atoms with Gasteiger partial charge in [-0.15, -0.1) is 0 Å². The van der Waals surface area contributed by atoms with E-state index in [1.54, 1.807) is 14.2 Å². The predicted octanol–water partition coefficient (Wildman–Crippen LogP) is 4.11. The molecule has 0 atom stereocenters. The first-order valence-corrected chi connectivity index (χ1v) is 8.75. The quantitative estimate of drug-likeness (QED) is 0.587. The van der Waals surface area contributed by atoms with Crippen LogP contribution in [0.25, 0.3) is 5.69 Å². The van der Waals surface area contributed by atoms with Crippen LogP contribution in [0.4, 0.5) is 0 Å². The second kappa shape index (κ2) is 8.21. The highest BCUT2D eigenvalue weighted by atomic mass is 32.1. The molecule has 0 radical (unpaired) electrons. The maximum absolute atomic E-state index is 5.64. The molecule has 0 aliphatic rings. The fraction of sp³-hybridized carbons (Fsp3) is 0.250. The lowest BCUT2D eigenvalue weighted by Gasteiger charge is -2.17. The van der Waals surface area contributed by atoms with Gasteiger partial charge in [-0.1, -0.05) is 12.1 Å². The highest BCUT2D eigenvalue weighted by Gasteiger charge is 2.06. The van der Waals surface area contributed by atoms with Crippen molar-refractivity contribution in [3.05, 3.63) is 71.3 Å². The number of hydrogen-bond acceptors (Lipinski definition) is 4. The first-order valence-electron chi connectivity index (χ1n) is 8.34. The van der Waals surface area contributed by atoms with E-state index in [9.17, 15) is 0 Å². The fourth-order valence-electron chi connectivity index (χ4n) is 2.81.